The molecule has 2 aromatic carbocycles. The monoisotopic (exact) mass is 441 g/mol. The quantitative estimate of drug-likeness (QED) is 0.458. The number of carbonyl (C=O) groups excluding carboxylic acids is 2. The van der Waals surface area contributed by atoms with Gasteiger partial charge in [-0.1, -0.05) is 29.8 Å². The molecule has 162 valence electrons. The molecule has 0 aliphatic heterocycles. The molecule has 0 atom stereocenters. The van der Waals surface area contributed by atoms with Crippen molar-refractivity contribution in [2.24, 2.45) is 0 Å². The Kier molecular flexibility index (Phi) is 8.12. The summed E-state index contributed by atoms with van der Waals surface area (Å²) >= 11 is 1.19. The summed E-state index contributed by atoms with van der Waals surface area (Å²) in [6, 6.07) is 13.6. The Bertz CT molecular complexity index is 1020. The first-order chi connectivity index (χ1) is 15.0. The Morgan fingerprint density at radius 2 is 1.87 bits per heavy atom. The van der Waals surface area contributed by atoms with Crippen LogP contribution < -0.4 is 15.4 Å². The van der Waals surface area contributed by atoms with Gasteiger partial charge in [-0.15, -0.1) is 11.3 Å². The minimum absolute atomic E-state index is 0.0525. The van der Waals surface area contributed by atoms with E-state index in [1.807, 2.05) is 31.2 Å². The molecule has 31 heavy (non-hydrogen) atoms. The van der Waals surface area contributed by atoms with E-state index in [0.29, 0.717) is 24.0 Å². The molecule has 0 saturated heterocycles. The number of nitrogens with zero attached hydrogens (tertiary/aromatic N) is 1. The Morgan fingerprint density at radius 3 is 2.65 bits per heavy atom. The topological polar surface area (TPSA) is 80.3 Å². The number of amides is 2. The van der Waals surface area contributed by atoms with Gasteiger partial charge >= 0.3 is 0 Å². The third-order valence-electron chi connectivity index (χ3n) is 4.42. The van der Waals surface area contributed by atoms with Gasteiger partial charge in [0.25, 0.3) is 5.91 Å². The van der Waals surface area contributed by atoms with Crippen LogP contribution in [0.25, 0.3) is 0 Å². The SMILES string of the molecule is Cc1ccc(OCCCCNC(=O)Cc2csc(NC(=O)c3ccccc3F)n2)cc1. The van der Waals surface area contributed by atoms with E-state index in [0.717, 1.165) is 18.6 Å². The van der Waals surface area contributed by atoms with E-state index in [2.05, 4.69) is 15.6 Å². The van der Waals surface area contributed by atoms with Gasteiger partial charge in [0.1, 0.15) is 11.6 Å². The van der Waals surface area contributed by atoms with Crippen LogP contribution in [0, 0.1) is 12.7 Å². The maximum Gasteiger partial charge on any atom is 0.260 e. The number of aryl methyl sites for hydroxylation is 1. The number of carbonyl (C=O) groups is 2. The lowest BCUT2D eigenvalue weighted by Gasteiger charge is -2.07. The molecule has 0 saturated carbocycles. The Labute approximate surface area is 184 Å². The van der Waals surface area contributed by atoms with Crippen molar-refractivity contribution in [2.75, 3.05) is 18.5 Å². The second-order valence-corrected chi connectivity index (χ2v) is 7.83. The van der Waals surface area contributed by atoms with Crippen molar-refractivity contribution in [1.82, 2.24) is 10.3 Å². The third-order valence-corrected chi connectivity index (χ3v) is 5.22. The molecule has 2 amide bonds. The first-order valence-corrected chi connectivity index (χ1v) is 10.9. The summed E-state index contributed by atoms with van der Waals surface area (Å²) in [5.74, 6) is -0.468. The van der Waals surface area contributed by atoms with Crippen LogP contribution in [0.4, 0.5) is 9.52 Å². The number of aromatic nitrogens is 1. The molecule has 0 spiro atoms. The van der Waals surface area contributed by atoms with Crippen molar-refractivity contribution >= 4 is 28.3 Å². The smallest absolute Gasteiger partial charge is 0.260 e. The molecule has 6 nitrogen and oxygen atoms in total. The van der Waals surface area contributed by atoms with E-state index in [4.69, 9.17) is 4.74 Å². The minimum Gasteiger partial charge on any atom is -0.494 e. The normalized spacial score (nSPS) is 10.5. The molecule has 0 bridgehead atoms. The van der Waals surface area contributed by atoms with E-state index in [-0.39, 0.29) is 17.9 Å². The van der Waals surface area contributed by atoms with Crippen molar-refractivity contribution < 1.29 is 18.7 Å². The summed E-state index contributed by atoms with van der Waals surface area (Å²) in [5, 5.41) is 7.44. The van der Waals surface area contributed by atoms with Gasteiger partial charge in [0.05, 0.1) is 24.3 Å². The molecule has 0 aliphatic carbocycles. The lowest BCUT2D eigenvalue weighted by atomic mass is 10.2. The van der Waals surface area contributed by atoms with E-state index in [1.165, 1.54) is 35.1 Å². The summed E-state index contributed by atoms with van der Waals surface area (Å²) in [4.78, 5) is 28.4. The van der Waals surface area contributed by atoms with Crippen molar-refractivity contribution in [1.29, 1.82) is 0 Å². The number of anilines is 1. The maximum absolute atomic E-state index is 13.7. The van der Waals surface area contributed by atoms with Gasteiger partial charge in [-0.05, 0) is 44.0 Å². The number of halogens is 1. The molecule has 1 heterocycles. The highest BCUT2D eigenvalue weighted by molar-refractivity contribution is 7.14. The molecule has 0 aliphatic rings. The summed E-state index contributed by atoms with van der Waals surface area (Å²) in [6.07, 6.45) is 1.75. The van der Waals surface area contributed by atoms with Crippen molar-refractivity contribution in [3.8, 4) is 5.75 Å². The summed E-state index contributed by atoms with van der Waals surface area (Å²) in [7, 11) is 0. The molecule has 0 fully saturated rings. The van der Waals surface area contributed by atoms with Gasteiger partial charge in [0.2, 0.25) is 5.91 Å². The van der Waals surface area contributed by atoms with Crippen LogP contribution in [0.1, 0.15) is 34.5 Å². The van der Waals surface area contributed by atoms with Crippen molar-refractivity contribution in [2.45, 2.75) is 26.2 Å². The number of hydrogen-bond donors (Lipinski definition) is 2. The second-order valence-electron chi connectivity index (χ2n) is 6.97. The molecule has 0 unspecified atom stereocenters. The average molecular weight is 442 g/mol. The van der Waals surface area contributed by atoms with Crippen molar-refractivity contribution in [3.63, 3.8) is 0 Å². The zero-order valence-electron chi connectivity index (χ0n) is 17.2. The zero-order chi connectivity index (χ0) is 22.1. The van der Waals surface area contributed by atoms with Gasteiger partial charge in [-0.2, -0.15) is 0 Å². The molecule has 0 radical (unpaired) electrons. The fourth-order valence-electron chi connectivity index (χ4n) is 2.76. The fourth-order valence-corrected chi connectivity index (χ4v) is 3.47. The molecule has 2 N–H and O–H groups in total. The lowest BCUT2D eigenvalue weighted by Crippen LogP contribution is -2.26. The van der Waals surface area contributed by atoms with Crippen LogP contribution in [-0.2, 0) is 11.2 Å². The average Bonchev–Trinajstić information content (AvgIpc) is 3.18. The standard InChI is InChI=1S/C23H24FN3O3S/c1-16-8-10-18(11-9-16)30-13-5-4-12-25-21(28)14-17-15-31-23(26-17)27-22(29)19-6-2-3-7-20(19)24/h2-3,6-11,15H,4-5,12-14H2,1H3,(H,25,28)(H,26,27,29). The van der Waals surface area contributed by atoms with Crippen LogP contribution in [0.2, 0.25) is 0 Å². The predicted octanol–water partition coefficient (Wildman–Crippen LogP) is 4.36. The Morgan fingerprint density at radius 1 is 1.10 bits per heavy atom. The van der Waals surface area contributed by atoms with Gasteiger partial charge in [-0.25, -0.2) is 9.37 Å². The van der Waals surface area contributed by atoms with Gasteiger partial charge in [-0.3, -0.25) is 14.9 Å². The predicted molar refractivity (Wildman–Crippen MR) is 119 cm³/mol. The van der Waals surface area contributed by atoms with E-state index in [1.54, 1.807) is 11.4 Å². The molecule has 8 heteroatoms. The summed E-state index contributed by atoms with van der Waals surface area (Å²) in [6.45, 7) is 3.17. The Hall–Kier alpha value is -3.26. The fraction of sp³-hybridized carbons (Fsp3) is 0.261. The molecule has 3 aromatic rings. The number of nitrogens with one attached hydrogen (secondary N) is 2. The summed E-state index contributed by atoms with van der Waals surface area (Å²) in [5.41, 5.74) is 1.69. The number of hydrogen-bond acceptors (Lipinski definition) is 5. The highest BCUT2D eigenvalue weighted by Gasteiger charge is 2.14. The summed E-state index contributed by atoms with van der Waals surface area (Å²) < 4.78 is 19.3. The van der Waals surface area contributed by atoms with Crippen LogP contribution in [-0.4, -0.2) is 29.9 Å². The van der Waals surface area contributed by atoms with E-state index >= 15 is 0 Å². The first kappa shape index (κ1) is 22.4. The number of thiazole rings is 1. The first-order valence-electron chi connectivity index (χ1n) is 9.98. The van der Waals surface area contributed by atoms with Crippen LogP contribution in [0.5, 0.6) is 5.75 Å². The largest absolute Gasteiger partial charge is 0.494 e. The third kappa shape index (κ3) is 7.18. The Balaban J connectivity index is 1.33. The van der Waals surface area contributed by atoms with Crippen LogP contribution >= 0.6 is 11.3 Å². The van der Waals surface area contributed by atoms with Crippen LogP contribution in [0.15, 0.2) is 53.9 Å². The van der Waals surface area contributed by atoms with Gasteiger partial charge < -0.3 is 10.1 Å². The van der Waals surface area contributed by atoms with E-state index in [9.17, 15) is 14.0 Å². The number of rotatable bonds is 10. The maximum atomic E-state index is 13.7. The second kappa shape index (κ2) is 11.2. The number of ether oxygens (including phenoxy) is 1. The molecule has 3 rings (SSSR count). The lowest BCUT2D eigenvalue weighted by molar-refractivity contribution is -0.120. The molecular formula is C23H24FN3O3S. The zero-order valence-corrected chi connectivity index (χ0v) is 18.0. The highest BCUT2D eigenvalue weighted by atomic mass is 32.1. The molecular weight excluding hydrogens is 417 g/mol. The number of unbranched alkanes of at least 4 members (excludes halogenated alkanes) is 1. The van der Waals surface area contributed by atoms with Crippen molar-refractivity contribution in [3.05, 3.63) is 76.5 Å². The number of benzene rings is 2. The van der Waals surface area contributed by atoms with Gasteiger partial charge in [0, 0.05) is 11.9 Å². The molecule has 1 aromatic heterocycles. The van der Waals surface area contributed by atoms with Gasteiger partial charge in [0.15, 0.2) is 5.13 Å². The van der Waals surface area contributed by atoms with E-state index < -0.39 is 11.7 Å². The highest BCUT2D eigenvalue weighted by Crippen LogP contribution is 2.18. The van der Waals surface area contributed by atoms with Crippen LogP contribution in [0.3, 0.4) is 0 Å². The minimum atomic E-state index is -0.597.